The van der Waals surface area contributed by atoms with Crippen molar-refractivity contribution in [3.63, 3.8) is 0 Å². The molecule has 3 nitrogen and oxygen atoms in total. The molecule has 1 atom stereocenters. The molecular weight excluding hydrogens is 279 g/mol. The number of nitrogens with two attached hydrogens (primary N) is 1. The Kier molecular flexibility index (Phi) is 6.56. The van der Waals surface area contributed by atoms with Crippen LogP contribution in [0.1, 0.15) is 12.5 Å². The van der Waals surface area contributed by atoms with E-state index in [-0.39, 0.29) is 18.3 Å². The quantitative estimate of drug-likeness (QED) is 0.893. The normalized spacial score (nSPS) is 11.4. The van der Waals surface area contributed by atoms with Crippen molar-refractivity contribution in [1.82, 2.24) is 5.32 Å². The third-order valence-corrected chi connectivity index (χ3v) is 2.60. The molecule has 0 aliphatic carbocycles. The fraction of sp³-hybridized carbons (Fsp3) is 0.300. The summed E-state index contributed by atoms with van der Waals surface area (Å²) in [7, 11) is 0. The Balaban J connectivity index is 0.00000196. The molecule has 0 fully saturated rings. The predicted molar refractivity (Wildman–Crippen MR) is 66.9 cm³/mol. The summed E-state index contributed by atoms with van der Waals surface area (Å²) in [5, 5.41) is 2.75. The fourth-order valence-corrected chi connectivity index (χ4v) is 1.41. The molecule has 3 N–H and O–H groups in total. The van der Waals surface area contributed by atoms with Crippen LogP contribution in [0.5, 0.6) is 0 Å². The zero-order valence-corrected chi connectivity index (χ0v) is 10.8. The highest BCUT2D eigenvalue weighted by Crippen LogP contribution is 2.15. The number of carbonyl (C=O) groups is 1. The third kappa shape index (κ3) is 4.64. The Morgan fingerprint density at radius 2 is 2.13 bits per heavy atom. The van der Waals surface area contributed by atoms with Gasteiger partial charge in [0.15, 0.2) is 0 Å². The summed E-state index contributed by atoms with van der Waals surface area (Å²) in [6, 6.07) is 7.29. The molecule has 0 bridgehead atoms. The lowest BCUT2D eigenvalue weighted by Gasteiger charge is -2.08. The molecule has 0 saturated heterocycles. The molecule has 0 unspecified atom stereocenters. The lowest BCUT2D eigenvalue weighted by atomic mass is 10.2. The summed E-state index contributed by atoms with van der Waals surface area (Å²) in [4.78, 5) is 11.2. The summed E-state index contributed by atoms with van der Waals surface area (Å²) in [6.07, 6.45) is 0. The summed E-state index contributed by atoms with van der Waals surface area (Å²) < 4.78 is 0.991. The van der Waals surface area contributed by atoms with Crippen molar-refractivity contribution in [2.75, 3.05) is 0 Å². The highest BCUT2D eigenvalue weighted by Gasteiger charge is 2.06. The van der Waals surface area contributed by atoms with E-state index in [0.717, 1.165) is 10.0 Å². The zero-order valence-electron chi connectivity index (χ0n) is 8.37. The molecule has 5 heteroatoms. The number of amides is 1. The van der Waals surface area contributed by atoms with Crippen LogP contribution in [-0.2, 0) is 11.3 Å². The first-order valence-electron chi connectivity index (χ1n) is 4.38. The second-order valence-electron chi connectivity index (χ2n) is 3.10. The van der Waals surface area contributed by atoms with Crippen LogP contribution < -0.4 is 11.1 Å². The first-order valence-corrected chi connectivity index (χ1v) is 5.17. The monoisotopic (exact) mass is 292 g/mol. The van der Waals surface area contributed by atoms with Gasteiger partial charge in [0.1, 0.15) is 0 Å². The van der Waals surface area contributed by atoms with E-state index >= 15 is 0 Å². The van der Waals surface area contributed by atoms with Crippen molar-refractivity contribution in [2.45, 2.75) is 19.5 Å². The number of nitrogens with one attached hydrogen (secondary N) is 1. The molecule has 1 amide bonds. The molecule has 0 aliphatic heterocycles. The number of carbonyl (C=O) groups excluding carboxylic acids is 1. The summed E-state index contributed by atoms with van der Waals surface area (Å²) in [6.45, 7) is 2.16. The van der Waals surface area contributed by atoms with Crippen molar-refractivity contribution >= 4 is 34.2 Å². The van der Waals surface area contributed by atoms with Gasteiger partial charge in [-0.2, -0.15) is 0 Å². The van der Waals surface area contributed by atoms with Crippen LogP contribution in [0, 0.1) is 0 Å². The topological polar surface area (TPSA) is 55.1 Å². The lowest BCUT2D eigenvalue weighted by molar-refractivity contribution is -0.122. The minimum atomic E-state index is -0.461. The Bertz CT molecular complexity index is 331. The number of benzene rings is 1. The Hall–Kier alpha value is -0.580. The molecule has 15 heavy (non-hydrogen) atoms. The number of halogens is 2. The molecule has 84 valence electrons. The van der Waals surface area contributed by atoms with E-state index < -0.39 is 6.04 Å². The van der Waals surface area contributed by atoms with Gasteiger partial charge in [-0.15, -0.1) is 12.4 Å². The van der Waals surface area contributed by atoms with Crippen LogP contribution in [0.4, 0.5) is 0 Å². The molecule has 0 spiro atoms. The fourth-order valence-electron chi connectivity index (χ4n) is 0.985. The highest BCUT2D eigenvalue weighted by atomic mass is 79.9. The Labute approximate surface area is 104 Å². The first-order chi connectivity index (χ1) is 6.61. The molecule has 1 aromatic rings. The van der Waals surface area contributed by atoms with Gasteiger partial charge in [-0.05, 0) is 18.6 Å². The lowest BCUT2D eigenvalue weighted by Crippen LogP contribution is -2.37. The molecule has 0 aliphatic rings. The van der Waals surface area contributed by atoms with Gasteiger partial charge in [-0.1, -0.05) is 34.1 Å². The average molecular weight is 294 g/mol. The van der Waals surface area contributed by atoms with Crippen molar-refractivity contribution in [2.24, 2.45) is 5.73 Å². The summed E-state index contributed by atoms with van der Waals surface area (Å²) >= 11 is 3.40. The summed E-state index contributed by atoms with van der Waals surface area (Å²) in [5.74, 6) is -0.138. The van der Waals surface area contributed by atoms with E-state index in [1.54, 1.807) is 6.92 Å². The Morgan fingerprint density at radius 1 is 1.53 bits per heavy atom. The number of rotatable bonds is 3. The van der Waals surface area contributed by atoms with Crippen molar-refractivity contribution in [1.29, 1.82) is 0 Å². The first kappa shape index (κ1) is 14.4. The van der Waals surface area contributed by atoms with Crippen LogP contribution in [0.3, 0.4) is 0 Å². The summed E-state index contributed by atoms with van der Waals surface area (Å²) in [5.41, 5.74) is 6.46. The van der Waals surface area contributed by atoms with Crippen LogP contribution in [0.25, 0.3) is 0 Å². The van der Waals surface area contributed by atoms with Gasteiger partial charge in [0, 0.05) is 11.0 Å². The Morgan fingerprint density at radius 3 is 2.67 bits per heavy atom. The highest BCUT2D eigenvalue weighted by molar-refractivity contribution is 9.10. The molecule has 1 rings (SSSR count). The van der Waals surface area contributed by atoms with E-state index in [9.17, 15) is 4.79 Å². The van der Waals surface area contributed by atoms with Gasteiger partial charge >= 0.3 is 0 Å². The van der Waals surface area contributed by atoms with Crippen molar-refractivity contribution < 1.29 is 4.79 Å². The zero-order chi connectivity index (χ0) is 10.6. The molecule has 0 heterocycles. The van der Waals surface area contributed by atoms with Gasteiger partial charge in [0.05, 0.1) is 6.04 Å². The SMILES string of the molecule is C[C@H](N)C(=O)NCc1ccccc1Br.Cl. The van der Waals surface area contributed by atoms with Gasteiger partial charge in [-0.3, -0.25) is 4.79 Å². The van der Waals surface area contributed by atoms with Crippen LogP contribution in [0.2, 0.25) is 0 Å². The van der Waals surface area contributed by atoms with E-state index in [4.69, 9.17) is 5.73 Å². The van der Waals surface area contributed by atoms with Gasteiger partial charge < -0.3 is 11.1 Å². The third-order valence-electron chi connectivity index (χ3n) is 1.82. The molecule has 1 aromatic carbocycles. The standard InChI is InChI=1S/C10H13BrN2O.ClH/c1-7(12)10(14)13-6-8-4-2-3-5-9(8)11;/h2-5,7H,6,12H2,1H3,(H,13,14);1H/t7-;/m0./s1. The molecule has 0 saturated carbocycles. The van der Waals surface area contributed by atoms with Gasteiger partial charge in [0.2, 0.25) is 5.91 Å². The minimum absolute atomic E-state index is 0. The molecular formula is C10H14BrClN2O. The number of hydrogen-bond donors (Lipinski definition) is 2. The van der Waals surface area contributed by atoms with Crippen LogP contribution >= 0.6 is 28.3 Å². The van der Waals surface area contributed by atoms with E-state index in [1.807, 2.05) is 24.3 Å². The van der Waals surface area contributed by atoms with Crippen LogP contribution in [-0.4, -0.2) is 11.9 Å². The average Bonchev–Trinajstić information content (AvgIpc) is 2.16. The maximum atomic E-state index is 11.2. The maximum absolute atomic E-state index is 11.2. The molecule has 0 aromatic heterocycles. The van der Waals surface area contributed by atoms with E-state index in [0.29, 0.717) is 6.54 Å². The van der Waals surface area contributed by atoms with Crippen LogP contribution in [0.15, 0.2) is 28.7 Å². The smallest absolute Gasteiger partial charge is 0.236 e. The van der Waals surface area contributed by atoms with Crippen molar-refractivity contribution in [3.05, 3.63) is 34.3 Å². The second-order valence-corrected chi connectivity index (χ2v) is 3.95. The van der Waals surface area contributed by atoms with Gasteiger partial charge in [0.25, 0.3) is 0 Å². The van der Waals surface area contributed by atoms with Crippen molar-refractivity contribution in [3.8, 4) is 0 Å². The van der Waals surface area contributed by atoms with Gasteiger partial charge in [-0.25, -0.2) is 0 Å². The minimum Gasteiger partial charge on any atom is -0.351 e. The predicted octanol–water partition coefficient (Wildman–Crippen LogP) is 1.83. The second kappa shape index (κ2) is 6.82. The maximum Gasteiger partial charge on any atom is 0.236 e. The largest absolute Gasteiger partial charge is 0.351 e. The van der Waals surface area contributed by atoms with E-state index in [2.05, 4.69) is 21.2 Å². The molecule has 0 radical (unpaired) electrons. The number of hydrogen-bond acceptors (Lipinski definition) is 2. The van der Waals surface area contributed by atoms with E-state index in [1.165, 1.54) is 0 Å².